The molecule has 0 amide bonds. The molecule has 0 bridgehead atoms. The van der Waals surface area contributed by atoms with Crippen molar-refractivity contribution in [3.05, 3.63) is 24.3 Å². The van der Waals surface area contributed by atoms with E-state index in [1.54, 1.807) is 0 Å². The molecule has 0 aromatic heterocycles. The van der Waals surface area contributed by atoms with Crippen LogP contribution in [0, 0.1) is 11.8 Å². The van der Waals surface area contributed by atoms with Gasteiger partial charge in [-0.2, -0.15) is 0 Å². The van der Waals surface area contributed by atoms with Gasteiger partial charge in [0.2, 0.25) is 0 Å². The summed E-state index contributed by atoms with van der Waals surface area (Å²) in [6.45, 7) is 0. The van der Waals surface area contributed by atoms with Gasteiger partial charge < -0.3 is 0 Å². The van der Waals surface area contributed by atoms with E-state index in [2.05, 4.69) is 24.3 Å². The van der Waals surface area contributed by atoms with E-state index in [9.17, 15) is 0 Å². The maximum Gasteiger partial charge on any atom is -0.0167 e. The first-order valence-electron chi connectivity index (χ1n) is 5.30. The molecule has 2 rings (SSSR count). The van der Waals surface area contributed by atoms with E-state index in [1.807, 2.05) is 0 Å². The molecule has 0 aromatic carbocycles. The highest BCUT2D eigenvalue weighted by Gasteiger charge is 2.20. The van der Waals surface area contributed by atoms with Gasteiger partial charge >= 0.3 is 0 Å². The van der Waals surface area contributed by atoms with Crippen LogP contribution >= 0.6 is 0 Å². The second kappa shape index (κ2) is 3.93. The SMILES string of the molecule is C1=CCC(C2CCCCC2)C=C1. The number of allylic oxidation sites excluding steroid dienone is 4. The van der Waals surface area contributed by atoms with Crippen LogP contribution < -0.4 is 0 Å². The predicted octanol–water partition coefficient (Wildman–Crippen LogP) is 3.70. The van der Waals surface area contributed by atoms with Gasteiger partial charge in [-0.15, -0.1) is 0 Å². The van der Waals surface area contributed by atoms with E-state index in [0.29, 0.717) is 0 Å². The molecule has 1 saturated carbocycles. The van der Waals surface area contributed by atoms with Crippen LogP contribution in [0.1, 0.15) is 38.5 Å². The number of rotatable bonds is 1. The zero-order chi connectivity index (χ0) is 8.23. The molecule has 2 aliphatic rings. The minimum absolute atomic E-state index is 0.871. The molecule has 66 valence electrons. The van der Waals surface area contributed by atoms with Crippen LogP contribution in [0.5, 0.6) is 0 Å². The molecular formula is C12H18. The van der Waals surface area contributed by atoms with Crippen molar-refractivity contribution in [3.8, 4) is 0 Å². The molecule has 2 aliphatic carbocycles. The van der Waals surface area contributed by atoms with Crippen molar-refractivity contribution < 1.29 is 0 Å². The number of hydrogen-bond acceptors (Lipinski definition) is 0. The van der Waals surface area contributed by atoms with Crippen LogP contribution in [0.25, 0.3) is 0 Å². The molecule has 12 heavy (non-hydrogen) atoms. The quantitative estimate of drug-likeness (QED) is 0.551. The normalized spacial score (nSPS) is 30.8. The summed E-state index contributed by atoms with van der Waals surface area (Å²) in [5.41, 5.74) is 0. The first-order chi connectivity index (χ1) is 5.97. The summed E-state index contributed by atoms with van der Waals surface area (Å²) >= 11 is 0. The van der Waals surface area contributed by atoms with Gasteiger partial charge in [-0.1, -0.05) is 43.6 Å². The molecule has 1 unspecified atom stereocenters. The van der Waals surface area contributed by atoms with Crippen molar-refractivity contribution in [2.75, 3.05) is 0 Å². The van der Waals surface area contributed by atoms with Gasteiger partial charge in [0.25, 0.3) is 0 Å². The van der Waals surface area contributed by atoms with Crippen molar-refractivity contribution in [3.63, 3.8) is 0 Å². The second-order valence-electron chi connectivity index (χ2n) is 4.11. The Hall–Kier alpha value is -0.520. The smallest absolute Gasteiger partial charge is 0.0167 e. The van der Waals surface area contributed by atoms with Crippen molar-refractivity contribution in [1.29, 1.82) is 0 Å². The molecule has 0 radical (unpaired) electrons. The Bertz CT molecular complexity index is 182. The molecule has 1 atom stereocenters. The topological polar surface area (TPSA) is 0 Å². The molecule has 0 heterocycles. The highest BCUT2D eigenvalue weighted by atomic mass is 14.3. The lowest BCUT2D eigenvalue weighted by molar-refractivity contribution is 0.286. The van der Waals surface area contributed by atoms with Gasteiger partial charge in [0.05, 0.1) is 0 Å². The van der Waals surface area contributed by atoms with E-state index in [-0.39, 0.29) is 0 Å². The Morgan fingerprint density at radius 2 is 1.75 bits per heavy atom. The minimum Gasteiger partial charge on any atom is -0.0840 e. The lowest BCUT2D eigenvalue weighted by Gasteiger charge is -2.28. The van der Waals surface area contributed by atoms with E-state index in [1.165, 1.54) is 38.5 Å². The van der Waals surface area contributed by atoms with Crippen LogP contribution in [0.3, 0.4) is 0 Å². The molecule has 0 heteroatoms. The van der Waals surface area contributed by atoms with Crippen molar-refractivity contribution in [2.45, 2.75) is 38.5 Å². The second-order valence-corrected chi connectivity index (χ2v) is 4.11. The van der Waals surface area contributed by atoms with Crippen LogP contribution in [0.2, 0.25) is 0 Å². The first-order valence-corrected chi connectivity index (χ1v) is 5.30. The Morgan fingerprint density at radius 3 is 2.42 bits per heavy atom. The fourth-order valence-electron chi connectivity index (χ4n) is 2.51. The molecule has 0 spiro atoms. The highest BCUT2D eigenvalue weighted by molar-refractivity contribution is 5.11. The third kappa shape index (κ3) is 1.80. The summed E-state index contributed by atoms with van der Waals surface area (Å²) in [6.07, 6.45) is 17.8. The summed E-state index contributed by atoms with van der Waals surface area (Å²) in [6, 6.07) is 0. The first kappa shape index (κ1) is 8.10. The maximum absolute atomic E-state index is 2.41. The maximum atomic E-state index is 2.41. The Morgan fingerprint density at radius 1 is 0.917 bits per heavy atom. The van der Waals surface area contributed by atoms with E-state index >= 15 is 0 Å². The zero-order valence-corrected chi connectivity index (χ0v) is 7.71. The molecule has 0 N–H and O–H groups in total. The summed E-state index contributed by atoms with van der Waals surface area (Å²) in [5.74, 6) is 1.87. The van der Waals surface area contributed by atoms with E-state index < -0.39 is 0 Å². The highest BCUT2D eigenvalue weighted by Crippen LogP contribution is 2.33. The average Bonchev–Trinajstić information content (AvgIpc) is 2.21. The monoisotopic (exact) mass is 162 g/mol. The standard InChI is InChI=1S/C12H18/c1-3-7-11(8-4-1)12-9-5-2-6-10-12/h1,3-4,7,11-12H,2,5-6,8-10H2. The molecular weight excluding hydrogens is 144 g/mol. The fraction of sp³-hybridized carbons (Fsp3) is 0.667. The lowest BCUT2D eigenvalue weighted by Crippen LogP contribution is -2.16. The Kier molecular flexibility index (Phi) is 2.65. The summed E-state index contributed by atoms with van der Waals surface area (Å²) in [7, 11) is 0. The molecule has 1 fully saturated rings. The summed E-state index contributed by atoms with van der Waals surface area (Å²) < 4.78 is 0. The molecule has 0 aromatic rings. The summed E-state index contributed by atoms with van der Waals surface area (Å²) in [5, 5.41) is 0. The van der Waals surface area contributed by atoms with Crippen molar-refractivity contribution in [1.82, 2.24) is 0 Å². The lowest BCUT2D eigenvalue weighted by atomic mass is 9.77. The van der Waals surface area contributed by atoms with Crippen LogP contribution in [0.15, 0.2) is 24.3 Å². The van der Waals surface area contributed by atoms with E-state index in [0.717, 1.165) is 11.8 Å². The fourth-order valence-corrected chi connectivity index (χ4v) is 2.51. The zero-order valence-electron chi connectivity index (χ0n) is 7.71. The van der Waals surface area contributed by atoms with Gasteiger partial charge in [0.15, 0.2) is 0 Å². The van der Waals surface area contributed by atoms with Gasteiger partial charge in [0, 0.05) is 0 Å². The van der Waals surface area contributed by atoms with Crippen LogP contribution in [-0.2, 0) is 0 Å². The van der Waals surface area contributed by atoms with E-state index in [4.69, 9.17) is 0 Å². The van der Waals surface area contributed by atoms with Crippen LogP contribution in [-0.4, -0.2) is 0 Å². The summed E-state index contributed by atoms with van der Waals surface area (Å²) in [4.78, 5) is 0. The van der Waals surface area contributed by atoms with Crippen molar-refractivity contribution in [2.24, 2.45) is 11.8 Å². The van der Waals surface area contributed by atoms with Crippen LogP contribution in [0.4, 0.5) is 0 Å². The van der Waals surface area contributed by atoms with Crippen molar-refractivity contribution >= 4 is 0 Å². The Balaban J connectivity index is 1.90. The van der Waals surface area contributed by atoms with Gasteiger partial charge in [0.1, 0.15) is 0 Å². The number of hydrogen-bond donors (Lipinski definition) is 0. The largest absolute Gasteiger partial charge is 0.0840 e. The predicted molar refractivity (Wildman–Crippen MR) is 53.0 cm³/mol. The van der Waals surface area contributed by atoms with Gasteiger partial charge in [-0.3, -0.25) is 0 Å². The van der Waals surface area contributed by atoms with Gasteiger partial charge in [-0.25, -0.2) is 0 Å². The third-order valence-corrected chi connectivity index (χ3v) is 3.27. The molecule has 0 aliphatic heterocycles. The Labute approximate surface area is 75.4 Å². The third-order valence-electron chi connectivity index (χ3n) is 3.27. The average molecular weight is 162 g/mol. The molecule has 0 saturated heterocycles. The van der Waals surface area contributed by atoms with Gasteiger partial charge in [-0.05, 0) is 31.1 Å². The molecule has 0 nitrogen and oxygen atoms in total. The minimum atomic E-state index is 0.871.